The predicted octanol–water partition coefficient (Wildman–Crippen LogP) is 15.7. The second-order valence-corrected chi connectivity index (χ2v) is 18.2. The van der Waals surface area contributed by atoms with Crippen molar-refractivity contribution in [3.8, 4) is 11.1 Å². The molecule has 300 valence electrons. The summed E-state index contributed by atoms with van der Waals surface area (Å²) in [5.74, 6) is 0.534. The lowest BCUT2D eigenvalue weighted by Gasteiger charge is -2.33. The van der Waals surface area contributed by atoms with Crippen molar-refractivity contribution in [1.82, 2.24) is 0 Å². The van der Waals surface area contributed by atoms with Crippen molar-refractivity contribution in [2.24, 2.45) is 11.8 Å². The fraction of sp³-hybridized carbons (Fsp3) is 0.0312. The predicted molar refractivity (Wildman–Crippen MR) is 277 cm³/mol. The number of furan rings is 1. The van der Waals surface area contributed by atoms with Crippen molar-refractivity contribution < 1.29 is 4.42 Å². The van der Waals surface area contributed by atoms with E-state index in [0.29, 0.717) is 0 Å². The minimum atomic E-state index is 0.252. The standard InChI is InChI=1S/C64H38O/c1-7-19-49-41(13-1)43-15-3-11-23-53(43)63-57-35-37(25-29-47(57)45-17-5-9-21-51(45)61(49)63)39-27-31-59-55(33-39)56-34-40(28-32-60(56)65-59)38-26-30-48-46-18-6-10-22-52(46)62-50-20-8-2-14-42(50)44-16-4-12-24-54(44)64(62)58(48)36-38/h1-36,45,47H. The maximum absolute atomic E-state index is 6.57. The van der Waals surface area contributed by atoms with E-state index in [-0.39, 0.29) is 11.8 Å². The minimum absolute atomic E-state index is 0.252. The summed E-state index contributed by atoms with van der Waals surface area (Å²) < 4.78 is 6.57. The van der Waals surface area contributed by atoms with Gasteiger partial charge in [-0.15, -0.1) is 0 Å². The van der Waals surface area contributed by atoms with E-state index in [2.05, 4.69) is 218 Å². The van der Waals surface area contributed by atoms with Gasteiger partial charge in [0.2, 0.25) is 0 Å². The van der Waals surface area contributed by atoms with Crippen LogP contribution < -0.4 is 10.4 Å². The van der Waals surface area contributed by atoms with Crippen molar-refractivity contribution in [2.45, 2.75) is 0 Å². The Bertz CT molecular complexity index is 4400. The Balaban J connectivity index is 0.934. The molecule has 1 nitrogen and oxygen atoms in total. The van der Waals surface area contributed by atoms with Crippen molar-refractivity contribution >= 4 is 114 Å². The van der Waals surface area contributed by atoms with Crippen LogP contribution in [0.2, 0.25) is 0 Å². The zero-order valence-corrected chi connectivity index (χ0v) is 35.3. The third-order valence-corrected chi connectivity index (χ3v) is 15.0. The molecule has 2 unspecified atom stereocenters. The van der Waals surface area contributed by atoms with Crippen molar-refractivity contribution in [2.75, 3.05) is 0 Å². The summed E-state index contributed by atoms with van der Waals surface area (Å²) in [4.78, 5) is 0. The first-order chi connectivity index (χ1) is 32.2. The average molecular weight is 823 g/mol. The molecule has 0 saturated heterocycles. The van der Waals surface area contributed by atoms with Crippen molar-refractivity contribution in [3.63, 3.8) is 0 Å². The lowest BCUT2D eigenvalue weighted by atomic mass is 9.70. The quantitative estimate of drug-likeness (QED) is 0.158. The largest absolute Gasteiger partial charge is 0.456 e. The van der Waals surface area contributed by atoms with Gasteiger partial charge in [-0.3, -0.25) is 0 Å². The molecule has 3 aliphatic rings. The van der Waals surface area contributed by atoms with E-state index >= 15 is 0 Å². The van der Waals surface area contributed by atoms with Crippen LogP contribution in [0.1, 0.15) is 5.56 Å². The molecule has 0 spiro atoms. The third kappa shape index (κ3) is 4.87. The van der Waals surface area contributed by atoms with Gasteiger partial charge in [0.1, 0.15) is 11.2 Å². The van der Waals surface area contributed by atoms with Gasteiger partial charge in [-0.2, -0.15) is 0 Å². The monoisotopic (exact) mass is 822 g/mol. The molecule has 2 atom stereocenters. The molecule has 65 heavy (non-hydrogen) atoms. The summed E-state index contributed by atoms with van der Waals surface area (Å²) in [6.45, 7) is 0. The molecule has 3 aliphatic carbocycles. The first-order valence-corrected chi connectivity index (χ1v) is 22.8. The van der Waals surface area contributed by atoms with E-state index in [9.17, 15) is 0 Å². The van der Waals surface area contributed by atoms with Crippen LogP contribution in [0.5, 0.6) is 0 Å². The van der Waals surface area contributed by atoms with Gasteiger partial charge in [-0.05, 0) is 156 Å². The zero-order chi connectivity index (χ0) is 42.3. The summed E-state index contributed by atoms with van der Waals surface area (Å²) in [6.07, 6.45) is 16.5. The van der Waals surface area contributed by atoms with Gasteiger partial charge in [0.15, 0.2) is 0 Å². The summed E-state index contributed by atoms with van der Waals surface area (Å²) in [7, 11) is 0. The second kappa shape index (κ2) is 13.1. The number of benzene rings is 11. The summed E-state index contributed by atoms with van der Waals surface area (Å²) in [6, 6.07) is 65.3. The maximum Gasteiger partial charge on any atom is 0.135 e. The summed E-state index contributed by atoms with van der Waals surface area (Å²) in [5.41, 5.74) is 9.39. The van der Waals surface area contributed by atoms with Crippen LogP contribution in [-0.2, 0) is 0 Å². The molecular formula is C64H38O. The molecule has 0 saturated carbocycles. The van der Waals surface area contributed by atoms with Crippen LogP contribution in [0.4, 0.5) is 0 Å². The molecule has 0 amide bonds. The molecule has 15 rings (SSSR count). The maximum atomic E-state index is 6.57. The smallest absolute Gasteiger partial charge is 0.135 e. The average Bonchev–Trinajstić information content (AvgIpc) is 3.75. The number of hydrogen-bond donors (Lipinski definition) is 0. The van der Waals surface area contributed by atoms with E-state index in [4.69, 9.17) is 4.42 Å². The molecule has 0 aliphatic heterocycles. The Hall–Kier alpha value is -8.26. The molecular weight excluding hydrogens is 785 g/mol. The van der Waals surface area contributed by atoms with Gasteiger partial charge in [-0.25, -0.2) is 0 Å². The van der Waals surface area contributed by atoms with Crippen LogP contribution in [0.25, 0.3) is 125 Å². The molecule has 0 radical (unpaired) electrons. The van der Waals surface area contributed by atoms with E-state index in [1.165, 1.54) is 119 Å². The molecule has 0 bridgehead atoms. The lowest BCUT2D eigenvalue weighted by molar-refractivity contribution is 0.669. The number of fused-ring (bicyclic) bond motifs is 23. The van der Waals surface area contributed by atoms with Crippen molar-refractivity contribution in [3.05, 3.63) is 234 Å². The van der Waals surface area contributed by atoms with Crippen LogP contribution >= 0.6 is 0 Å². The molecule has 12 aromatic rings. The Morgan fingerprint density at radius 3 is 1.34 bits per heavy atom. The van der Waals surface area contributed by atoms with Gasteiger partial charge < -0.3 is 4.42 Å². The van der Waals surface area contributed by atoms with Gasteiger partial charge in [0.05, 0.1) is 0 Å². The van der Waals surface area contributed by atoms with Crippen LogP contribution in [-0.4, -0.2) is 0 Å². The molecule has 1 aromatic heterocycles. The summed E-state index contributed by atoms with van der Waals surface area (Å²) >= 11 is 0. The molecule has 1 heteroatoms. The molecule has 0 N–H and O–H groups in total. The van der Waals surface area contributed by atoms with Crippen molar-refractivity contribution in [1.29, 1.82) is 0 Å². The van der Waals surface area contributed by atoms with E-state index in [0.717, 1.165) is 21.9 Å². The Morgan fingerprint density at radius 2 is 0.738 bits per heavy atom. The molecule has 11 aromatic carbocycles. The van der Waals surface area contributed by atoms with Gasteiger partial charge in [0.25, 0.3) is 0 Å². The van der Waals surface area contributed by atoms with Gasteiger partial charge in [0, 0.05) is 22.6 Å². The first kappa shape index (κ1) is 35.2. The highest BCUT2D eigenvalue weighted by atomic mass is 16.3. The first-order valence-electron chi connectivity index (χ1n) is 22.8. The highest BCUT2D eigenvalue weighted by Crippen LogP contribution is 2.46. The Morgan fingerprint density at radius 1 is 0.308 bits per heavy atom. The van der Waals surface area contributed by atoms with Crippen LogP contribution in [0.15, 0.2) is 223 Å². The Kier molecular flexibility index (Phi) is 7.12. The highest BCUT2D eigenvalue weighted by molar-refractivity contribution is 6.39. The lowest BCUT2D eigenvalue weighted by Crippen LogP contribution is -2.40. The number of allylic oxidation sites excluding steroid dienone is 8. The summed E-state index contributed by atoms with van der Waals surface area (Å²) in [5, 5.41) is 23.2. The second-order valence-electron chi connectivity index (χ2n) is 18.2. The Labute approximate surface area is 374 Å². The normalized spacial score (nSPS) is 16.8. The van der Waals surface area contributed by atoms with Gasteiger partial charge >= 0.3 is 0 Å². The van der Waals surface area contributed by atoms with E-state index in [1.807, 2.05) is 0 Å². The topological polar surface area (TPSA) is 13.1 Å². The van der Waals surface area contributed by atoms with Crippen LogP contribution in [0, 0.1) is 11.8 Å². The van der Waals surface area contributed by atoms with Gasteiger partial charge in [-0.1, -0.05) is 182 Å². The molecule has 0 fully saturated rings. The SMILES string of the molecule is C1=CC2=c3c(c4ccccc4c4ccccc34)=C3C=C(c4ccc5oc6ccc(-c7ccc8c9ccccc9c9c%10ccccc%10c%10ccccc%10c9c8c7)cc6c5c4)C=CC3C2C=C1. The minimum Gasteiger partial charge on any atom is -0.456 e. The highest BCUT2D eigenvalue weighted by Gasteiger charge is 2.32. The number of rotatable bonds is 2. The van der Waals surface area contributed by atoms with Crippen LogP contribution in [0.3, 0.4) is 0 Å². The fourth-order valence-electron chi connectivity index (χ4n) is 12.2. The third-order valence-electron chi connectivity index (χ3n) is 15.0. The molecule has 1 heterocycles. The zero-order valence-electron chi connectivity index (χ0n) is 35.3. The number of hydrogen-bond acceptors (Lipinski definition) is 1. The van der Waals surface area contributed by atoms with E-state index < -0.39 is 0 Å². The van der Waals surface area contributed by atoms with E-state index in [1.54, 1.807) is 0 Å². The fourth-order valence-corrected chi connectivity index (χ4v) is 12.2.